The number of carbonyl (C=O) groups excluding carboxylic acids is 2. The number of aryl methyl sites for hydroxylation is 1. The third-order valence-electron chi connectivity index (χ3n) is 5.91. The van der Waals surface area contributed by atoms with E-state index in [9.17, 15) is 14.7 Å². The first-order valence-electron chi connectivity index (χ1n) is 11.4. The van der Waals surface area contributed by atoms with Gasteiger partial charge in [-0.1, -0.05) is 45.0 Å². The number of methoxy groups -OCH3 is 1. The number of ether oxygens (including phenoxy) is 2. The summed E-state index contributed by atoms with van der Waals surface area (Å²) in [7, 11) is 1.55. The zero-order valence-corrected chi connectivity index (χ0v) is 20.1. The number of Topliss-reactive ketones (excluding diaryl/α,β-unsaturated/α-hetero) is 1. The smallest absolute Gasteiger partial charge is 0.295 e. The average Bonchev–Trinajstić information content (AvgIpc) is 3.06. The van der Waals surface area contributed by atoms with Crippen LogP contribution in [0.25, 0.3) is 5.76 Å². The minimum atomic E-state index is -0.689. The second-order valence-electron chi connectivity index (χ2n) is 8.64. The molecule has 1 aliphatic rings. The molecule has 1 N–H and O–H groups in total. The highest BCUT2D eigenvalue weighted by molar-refractivity contribution is 6.46. The number of aliphatic hydroxyl groups excluding tert-OH is 1. The summed E-state index contributed by atoms with van der Waals surface area (Å²) in [4.78, 5) is 27.5. The molecule has 1 unspecified atom stereocenters. The Morgan fingerprint density at radius 2 is 1.79 bits per heavy atom. The average molecular weight is 452 g/mol. The predicted molar refractivity (Wildman–Crippen MR) is 128 cm³/mol. The molecule has 2 aromatic carbocycles. The molecule has 3 rings (SSSR count). The van der Waals surface area contributed by atoms with Gasteiger partial charge in [0.15, 0.2) is 0 Å². The standard InChI is InChI=1S/C27H33NO5/c1-6-14-33-22-12-11-21(16-18(22)4)25(29)23-24(20-9-7-19(8-10-20)17(2)3)28(13-15-32-5)27(31)26(23)30/h7-12,16-17,24,29H,6,13-15H2,1-5H3/b25-23-. The summed E-state index contributed by atoms with van der Waals surface area (Å²) in [5.74, 6) is -0.418. The molecule has 0 aromatic heterocycles. The van der Waals surface area contributed by atoms with Crippen LogP contribution in [0, 0.1) is 6.92 Å². The maximum atomic E-state index is 13.1. The quantitative estimate of drug-likeness (QED) is 0.331. The van der Waals surface area contributed by atoms with Crippen LogP contribution in [0.1, 0.15) is 61.4 Å². The molecule has 176 valence electrons. The topological polar surface area (TPSA) is 76.1 Å². The van der Waals surface area contributed by atoms with E-state index < -0.39 is 17.7 Å². The number of benzene rings is 2. The molecule has 6 nitrogen and oxygen atoms in total. The van der Waals surface area contributed by atoms with Crippen molar-refractivity contribution in [3.8, 4) is 5.75 Å². The van der Waals surface area contributed by atoms with E-state index in [1.54, 1.807) is 25.3 Å². The van der Waals surface area contributed by atoms with Gasteiger partial charge in [-0.3, -0.25) is 9.59 Å². The first kappa shape index (κ1) is 24.5. The van der Waals surface area contributed by atoms with Crippen molar-refractivity contribution < 1.29 is 24.2 Å². The normalized spacial score (nSPS) is 17.8. The highest BCUT2D eigenvalue weighted by Gasteiger charge is 2.45. The highest BCUT2D eigenvalue weighted by Crippen LogP contribution is 2.40. The second-order valence-corrected chi connectivity index (χ2v) is 8.64. The number of aliphatic hydroxyl groups is 1. The van der Waals surface area contributed by atoms with Crippen molar-refractivity contribution in [3.63, 3.8) is 0 Å². The van der Waals surface area contributed by atoms with Gasteiger partial charge < -0.3 is 19.5 Å². The van der Waals surface area contributed by atoms with Gasteiger partial charge in [0.25, 0.3) is 11.7 Å². The minimum Gasteiger partial charge on any atom is -0.507 e. The zero-order valence-electron chi connectivity index (χ0n) is 20.1. The Kier molecular flexibility index (Phi) is 7.92. The van der Waals surface area contributed by atoms with E-state index >= 15 is 0 Å². The number of amides is 1. The van der Waals surface area contributed by atoms with Crippen molar-refractivity contribution in [1.29, 1.82) is 0 Å². The Hall–Kier alpha value is -3.12. The minimum absolute atomic E-state index is 0.0926. The number of ketones is 1. The SMILES string of the molecule is CCCOc1ccc(/C(O)=C2/C(=O)C(=O)N(CCOC)C2c2ccc(C(C)C)cc2)cc1C. The van der Waals surface area contributed by atoms with Crippen molar-refractivity contribution in [2.45, 2.75) is 46.1 Å². The number of hydrogen-bond donors (Lipinski definition) is 1. The van der Waals surface area contributed by atoms with Crippen LogP contribution in [-0.4, -0.2) is 48.6 Å². The molecule has 1 fully saturated rings. The fourth-order valence-electron chi connectivity index (χ4n) is 4.04. The second kappa shape index (κ2) is 10.7. The molecule has 0 saturated carbocycles. The summed E-state index contributed by atoms with van der Waals surface area (Å²) >= 11 is 0. The van der Waals surface area contributed by atoms with Gasteiger partial charge in [0, 0.05) is 19.2 Å². The van der Waals surface area contributed by atoms with Gasteiger partial charge in [-0.25, -0.2) is 0 Å². The van der Waals surface area contributed by atoms with Gasteiger partial charge in [-0.15, -0.1) is 0 Å². The number of rotatable bonds is 9. The van der Waals surface area contributed by atoms with Crippen LogP contribution in [-0.2, 0) is 14.3 Å². The molecular weight excluding hydrogens is 418 g/mol. The summed E-state index contributed by atoms with van der Waals surface area (Å²) in [6, 6.07) is 12.4. The van der Waals surface area contributed by atoms with Gasteiger partial charge in [0.1, 0.15) is 11.5 Å². The number of carbonyl (C=O) groups is 2. The van der Waals surface area contributed by atoms with Gasteiger partial charge in [0.2, 0.25) is 0 Å². The summed E-state index contributed by atoms with van der Waals surface area (Å²) in [6.07, 6.45) is 0.891. The molecule has 0 bridgehead atoms. The number of likely N-dealkylation sites (tertiary alicyclic amines) is 1. The van der Waals surface area contributed by atoms with Crippen molar-refractivity contribution in [2.75, 3.05) is 26.9 Å². The van der Waals surface area contributed by atoms with E-state index in [1.807, 2.05) is 38.1 Å². The van der Waals surface area contributed by atoms with E-state index in [-0.39, 0.29) is 24.5 Å². The monoisotopic (exact) mass is 451 g/mol. The van der Waals surface area contributed by atoms with Crippen LogP contribution < -0.4 is 4.74 Å². The number of nitrogens with zero attached hydrogens (tertiary/aromatic N) is 1. The predicted octanol–water partition coefficient (Wildman–Crippen LogP) is 4.98. The van der Waals surface area contributed by atoms with E-state index in [0.29, 0.717) is 18.1 Å². The molecule has 1 aliphatic heterocycles. The maximum absolute atomic E-state index is 13.1. The van der Waals surface area contributed by atoms with Gasteiger partial charge in [0.05, 0.1) is 24.8 Å². The van der Waals surface area contributed by atoms with Crippen molar-refractivity contribution in [3.05, 3.63) is 70.3 Å². The van der Waals surface area contributed by atoms with Crippen LogP contribution >= 0.6 is 0 Å². The van der Waals surface area contributed by atoms with Gasteiger partial charge in [-0.2, -0.15) is 0 Å². The molecule has 1 amide bonds. The molecule has 1 saturated heterocycles. The molecule has 2 aromatic rings. The van der Waals surface area contributed by atoms with Crippen LogP contribution in [0.5, 0.6) is 5.75 Å². The first-order valence-corrected chi connectivity index (χ1v) is 11.4. The fraction of sp³-hybridized carbons (Fsp3) is 0.407. The summed E-state index contributed by atoms with van der Waals surface area (Å²) in [5.41, 5.74) is 3.35. The molecule has 1 atom stereocenters. The lowest BCUT2D eigenvalue weighted by atomic mass is 9.93. The van der Waals surface area contributed by atoms with Crippen LogP contribution in [0.4, 0.5) is 0 Å². The Morgan fingerprint density at radius 1 is 1.09 bits per heavy atom. The molecule has 0 aliphatic carbocycles. The largest absolute Gasteiger partial charge is 0.507 e. The molecule has 6 heteroatoms. The van der Waals surface area contributed by atoms with E-state index in [4.69, 9.17) is 9.47 Å². The Morgan fingerprint density at radius 3 is 2.36 bits per heavy atom. The van der Waals surface area contributed by atoms with Crippen LogP contribution in [0.3, 0.4) is 0 Å². The summed E-state index contributed by atoms with van der Waals surface area (Å²) in [5, 5.41) is 11.2. The molecule has 0 spiro atoms. The number of hydrogen-bond acceptors (Lipinski definition) is 5. The Balaban J connectivity index is 2.09. The molecule has 33 heavy (non-hydrogen) atoms. The van der Waals surface area contributed by atoms with Gasteiger partial charge >= 0.3 is 0 Å². The van der Waals surface area contributed by atoms with Crippen molar-refractivity contribution >= 4 is 17.4 Å². The third-order valence-corrected chi connectivity index (χ3v) is 5.91. The van der Waals surface area contributed by atoms with Crippen molar-refractivity contribution in [1.82, 2.24) is 4.90 Å². The lowest BCUT2D eigenvalue weighted by Crippen LogP contribution is -2.32. The molecule has 1 heterocycles. The summed E-state index contributed by atoms with van der Waals surface area (Å²) in [6.45, 7) is 9.27. The third kappa shape index (κ3) is 5.11. The lowest BCUT2D eigenvalue weighted by Gasteiger charge is -2.25. The molecular formula is C27H33NO5. The lowest BCUT2D eigenvalue weighted by molar-refractivity contribution is -0.140. The zero-order chi connectivity index (χ0) is 24.1. The van der Waals surface area contributed by atoms with E-state index in [2.05, 4.69) is 13.8 Å². The molecule has 0 radical (unpaired) electrons. The Labute approximate surface area is 195 Å². The van der Waals surface area contributed by atoms with Crippen molar-refractivity contribution in [2.24, 2.45) is 0 Å². The van der Waals surface area contributed by atoms with Gasteiger partial charge in [-0.05, 0) is 54.2 Å². The van der Waals surface area contributed by atoms with E-state index in [0.717, 1.165) is 28.9 Å². The fourth-order valence-corrected chi connectivity index (χ4v) is 4.04. The van der Waals surface area contributed by atoms with Crippen LogP contribution in [0.15, 0.2) is 48.0 Å². The first-order chi connectivity index (χ1) is 15.8. The Bertz CT molecular complexity index is 1040. The maximum Gasteiger partial charge on any atom is 0.295 e. The summed E-state index contributed by atoms with van der Waals surface area (Å²) < 4.78 is 10.9. The van der Waals surface area contributed by atoms with Crippen LogP contribution in [0.2, 0.25) is 0 Å². The van der Waals surface area contributed by atoms with E-state index in [1.165, 1.54) is 4.90 Å². The highest BCUT2D eigenvalue weighted by atomic mass is 16.5.